The molecule has 0 radical (unpaired) electrons. The van der Waals surface area contributed by atoms with Crippen LogP contribution in [0.2, 0.25) is 0 Å². The molecular formula is C16H24N4O4. The van der Waals surface area contributed by atoms with Crippen LogP contribution < -0.4 is 5.56 Å². The standard InChI is InChI=1S/C16H24N4O4/c1-18(2)15(22)19-8-9-23-12-16(11-19)6-5-13(24-16)10-20-14(21)4-3-7-17-20/h3-4,7,13H,5-6,8-12H2,1-2H3/t13-,16+/m1/s1. The molecule has 0 aromatic carbocycles. The van der Waals surface area contributed by atoms with Crippen LogP contribution in [0, 0.1) is 0 Å². The number of hydrogen-bond donors (Lipinski definition) is 0. The van der Waals surface area contributed by atoms with Crippen LogP contribution in [0.1, 0.15) is 12.8 Å². The van der Waals surface area contributed by atoms with E-state index in [0.29, 0.717) is 32.8 Å². The van der Waals surface area contributed by atoms with Crippen molar-refractivity contribution in [2.45, 2.75) is 31.1 Å². The van der Waals surface area contributed by atoms with Crippen molar-refractivity contribution in [3.05, 3.63) is 28.7 Å². The zero-order valence-electron chi connectivity index (χ0n) is 14.2. The van der Waals surface area contributed by atoms with Gasteiger partial charge in [0.1, 0.15) is 5.60 Å². The maximum atomic E-state index is 12.3. The molecular weight excluding hydrogens is 312 g/mol. The molecule has 8 heteroatoms. The SMILES string of the molecule is CN(C)C(=O)N1CCOC[C@]2(CC[C@H](Cn3ncccc3=O)O2)C1. The van der Waals surface area contributed by atoms with E-state index in [9.17, 15) is 9.59 Å². The number of carbonyl (C=O) groups excluding carboxylic acids is 1. The highest BCUT2D eigenvalue weighted by Crippen LogP contribution is 2.33. The van der Waals surface area contributed by atoms with Gasteiger partial charge in [-0.25, -0.2) is 9.48 Å². The van der Waals surface area contributed by atoms with Crippen LogP contribution in [0.25, 0.3) is 0 Å². The molecule has 2 atom stereocenters. The Bertz CT molecular complexity index is 647. The van der Waals surface area contributed by atoms with Gasteiger partial charge in [0.2, 0.25) is 0 Å². The Hall–Kier alpha value is -1.93. The van der Waals surface area contributed by atoms with Gasteiger partial charge in [0, 0.05) is 32.9 Å². The van der Waals surface area contributed by atoms with E-state index in [1.54, 1.807) is 36.2 Å². The first kappa shape index (κ1) is 16.9. The molecule has 0 aliphatic carbocycles. The number of urea groups is 1. The first-order valence-corrected chi connectivity index (χ1v) is 8.23. The van der Waals surface area contributed by atoms with Crippen LogP contribution in [-0.4, -0.2) is 77.7 Å². The Morgan fingerprint density at radius 2 is 2.33 bits per heavy atom. The minimum Gasteiger partial charge on any atom is -0.377 e. The normalized spacial score (nSPS) is 27.2. The van der Waals surface area contributed by atoms with Crippen molar-refractivity contribution in [1.29, 1.82) is 0 Å². The van der Waals surface area contributed by atoms with Gasteiger partial charge in [-0.2, -0.15) is 5.10 Å². The van der Waals surface area contributed by atoms with E-state index in [0.717, 1.165) is 12.8 Å². The molecule has 2 saturated heterocycles. The summed E-state index contributed by atoms with van der Waals surface area (Å²) in [5.74, 6) is 0. The van der Waals surface area contributed by atoms with E-state index < -0.39 is 5.60 Å². The fraction of sp³-hybridized carbons (Fsp3) is 0.688. The average Bonchev–Trinajstić information content (AvgIpc) is 2.82. The maximum Gasteiger partial charge on any atom is 0.319 e. The molecule has 3 rings (SSSR count). The molecule has 1 spiro atoms. The van der Waals surface area contributed by atoms with Gasteiger partial charge in [-0.3, -0.25) is 4.79 Å². The molecule has 1 aromatic rings. The van der Waals surface area contributed by atoms with E-state index in [-0.39, 0.29) is 17.7 Å². The highest BCUT2D eigenvalue weighted by atomic mass is 16.6. The van der Waals surface area contributed by atoms with E-state index in [1.807, 2.05) is 0 Å². The summed E-state index contributed by atoms with van der Waals surface area (Å²) in [5, 5.41) is 4.08. The highest BCUT2D eigenvalue weighted by Gasteiger charge is 2.44. The summed E-state index contributed by atoms with van der Waals surface area (Å²) in [4.78, 5) is 27.4. The third-order valence-electron chi connectivity index (χ3n) is 4.50. The van der Waals surface area contributed by atoms with Gasteiger partial charge in [-0.15, -0.1) is 0 Å². The zero-order valence-corrected chi connectivity index (χ0v) is 14.2. The van der Waals surface area contributed by atoms with Crippen molar-refractivity contribution in [1.82, 2.24) is 19.6 Å². The predicted octanol–water partition coefficient (Wildman–Crippen LogP) is 0.175. The summed E-state index contributed by atoms with van der Waals surface area (Å²) < 4.78 is 13.4. The lowest BCUT2D eigenvalue weighted by atomic mass is 10.0. The van der Waals surface area contributed by atoms with Crippen LogP contribution in [0.3, 0.4) is 0 Å². The van der Waals surface area contributed by atoms with E-state index in [2.05, 4.69) is 5.10 Å². The molecule has 0 saturated carbocycles. The largest absolute Gasteiger partial charge is 0.377 e. The Morgan fingerprint density at radius 3 is 3.08 bits per heavy atom. The number of hydrogen-bond acceptors (Lipinski definition) is 5. The first-order valence-electron chi connectivity index (χ1n) is 8.23. The van der Waals surface area contributed by atoms with Gasteiger partial charge in [-0.1, -0.05) is 0 Å². The van der Waals surface area contributed by atoms with Crippen LogP contribution in [0.4, 0.5) is 4.79 Å². The molecule has 24 heavy (non-hydrogen) atoms. The van der Waals surface area contributed by atoms with Crippen molar-refractivity contribution in [3.8, 4) is 0 Å². The van der Waals surface area contributed by atoms with Crippen LogP contribution in [0.5, 0.6) is 0 Å². The number of nitrogens with zero attached hydrogens (tertiary/aromatic N) is 4. The topological polar surface area (TPSA) is 76.9 Å². The van der Waals surface area contributed by atoms with Crippen molar-refractivity contribution in [2.24, 2.45) is 0 Å². The number of ether oxygens (including phenoxy) is 2. The van der Waals surface area contributed by atoms with Crippen molar-refractivity contribution in [2.75, 3.05) is 40.4 Å². The van der Waals surface area contributed by atoms with E-state index in [1.165, 1.54) is 10.7 Å². The highest BCUT2D eigenvalue weighted by molar-refractivity contribution is 5.74. The first-order chi connectivity index (χ1) is 11.5. The number of rotatable bonds is 2. The Kier molecular flexibility index (Phi) is 4.86. The third-order valence-corrected chi connectivity index (χ3v) is 4.50. The smallest absolute Gasteiger partial charge is 0.319 e. The zero-order chi connectivity index (χ0) is 17.2. The Morgan fingerprint density at radius 1 is 1.50 bits per heavy atom. The molecule has 0 bridgehead atoms. The molecule has 2 fully saturated rings. The summed E-state index contributed by atoms with van der Waals surface area (Å²) in [7, 11) is 3.49. The maximum absolute atomic E-state index is 12.3. The minimum atomic E-state index is -0.495. The third kappa shape index (κ3) is 3.59. The second-order valence-corrected chi connectivity index (χ2v) is 6.66. The molecule has 2 amide bonds. The fourth-order valence-electron chi connectivity index (χ4n) is 3.32. The lowest BCUT2D eigenvalue weighted by Crippen LogP contribution is -2.49. The van der Waals surface area contributed by atoms with Gasteiger partial charge < -0.3 is 19.3 Å². The second kappa shape index (κ2) is 6.90. The van der Waals surface area contributed by atoms with Gasteiger partial charge in [0.15, 0.2) is 0 Å². The fourth-order valence-corrected chi connectivity index (χ4v) is 3.32. The quantitative estimate of drug-likeness (QED) is 0.770. The Labute approximate surface area is 140 Å². The second-order valence-electron chi connectivity index (χ2n) is 6.66. The predicted molar refractivity (Wildman–Crippen MR) is 86.8 cm³/mol. The van der Waals surface area contributed by atoms with Crippen LogP contribution in [0.15, 0.2) is 23.1 Å². The van der Waals surface area contributed by atoms with Crippen LogP contribution in [-0.2, 0) is 16.0 Å². The summed E-state index contributed by atoms with van der Waals surface area (Å²) in [6.45, 7) is 2.47. The molecule has 2 aliphatic rings. The van der Waals surface area contributed by atoms with Crippen molar-refractivity contribution >= 4 is 6.03 Å². The summed E-state index contributed by atoms with van der Waals surface area (Å²) in [6.07, 6.45) is 3.11. The van der Waals surface area contributed by atoms with E-state index in [4.69, 9.17) is 9.47 Å². The number of aromatic nitrogens is 2. The molecule has 3 heterocycles. The van der Waals surface area contributed by atoms with Gasteiger partial charge in [0.05, 0.1) is 32.4 Å². The number of amides is 2. The van der Waals surface area contributed by atoms with Gasteiger partial charge >= 0.3 is 6.03 Å². The lowest BCUT2D eigenvalue weighted by Gasteiger charge is -2.33. The monoisotopic (exact) mass is 336 g/mol. The van der Waals surface area contributed by atoms with Crippen molar-refractivity contribution < 1.29 is 14.3 Å². The van der Waals surface area contributed by atoms with E-state index >= 15 is 0 Å². The van der Waals surface area contributed by atoms with Crippen molar-refractivity contribution in [3.63, 3.8) is 0 Å². The van der Waals surface area contributed by atoms with Gasteiger partial charge in [-0.05, 0) is 18.9 Å². The van der Waals surface area contributed by atoms with Crippen LogP contribution >= 0.6 is 0 Å². The Balaban J connectivity index is 1.69. The molecule has 2 aliphatic heterocycles. The minimum absolute atomic E-state index is 0.0344. The molecule has 8 nitrogen and oxygen atoms in total. The molecule has 0 unspecified atom stereocenters. The lowest BCUT2D eigenvalue weighted by molar-refractivity contribution is -0.0882. The number of carbonyl (C=O) groups is 1. The summed E-state index contributed by atoms with van der Waals surface area (Å²) in [5.41, 5.74) is -0.630. The molecule has 132 valence electrons. The molecule has 1 aromatic heterocycles. The van der Waals surface area contributed by atoms with Gasteiger partial charge in [0.25, 0.3) is 5.56 Å². The average molecular weight is 336 g/mol. The summed E-state index contributed by atoms with van der Waals surface area (Å²) >= 11 is 0. The molecule has 0 N–H and O–H groups in total. The summed E-state index contributed by atoms with van der Waals surface area (Å²) in [6, 6.07) is 3.08.